The van der Waals surface area contributed by atoms with E-state index in [1.165, 1.54) is 4.90 Å². The highest BCUT2D eigenvalue weighted by Gasteiger charge is 2.21. The van der Waals surface area contributed by atoms with E-state index in [2.05, 4.69) is 0 Å². The van der Waals surface area contributed by atoms with Crippen LogP contribution in [-0.2, 0) is 11.2 Å². The van der Waals surface area contributed by atoms with Gasteiger partial charge in [0.1, 0.15) is 12.3 Å². The molecule has 5 nitrogen and oxygen atoms in total. The number of carbonyl (C=O) groups is 2. The van der Waals surface area contributed by atoms with E-state index in [1.807, 2.05) is 30.3 Å². The molecule has 0 saturated heterocycles. The maximum absolute atomic E-state index is 12.3. The fourth-order valence-electron chi connectivity index (χ4n) is 2.03. The highest BCUT2D eigenvalue weighted by molar-refractivity contribution is 5.93. The molecular formula is C16H17NO4. The molecule has 0 atom stereocenters. The number of hydrogen-bond acceptors (Lipinski definition) is 3. The number of rotatable bonds is 6. The van der Waals surface area contributed by atoms with Gasteiger partial charge in [-0.3, -0.25) is 9.59 Å². The fraction of sp³-hybridized carbons (Fsp3) is 0.250. The molecule has 0 spiro atoms. The van der Waals surface area contributed by atoms with Crippen molar-refractivity contribution in [2.45, 2.75) is 13.3 Å². The van der Waals surface area contributed by atoms with Gasteiger partial charge in [0.15, 0.2) is 5.76 Å². The van der Waals surface area contributed by atoms with E-state index in [0.717, 1.165) is 5.56 Å². The van der Waals surface area contributed by atoms with Crippen molar-refractivity contribution in [3.05, 3.63) is 59.5 Å². The number of hydrogen-bond donors (Lipinski definition) is 1. The van der Waals surface area contributed by atoms with Crippen LogP contribution in [0.5, 0.6) is 0 Å². The molecule has 2 rings (SSSR count). The van der Waals surface area contributed by atoms with Crippen molar-refractivity contribution in [1.29, 1.82) is 0 Å². The molecule has 0 fully saturated rings. The Morgan fingerprint density at radius 3 is 2.43 bits per heavy atom. The van der Waals surface area contributed by atoms with Gasteiger partial charge in [-0.2, -0.15) is 0 Å². The van der Waals surface area contributed by atoms with Crippen LogP contribution in [0.1, 0.15) is 21.9 Å². The monoisotopic (exact) mass is 287 g/mol. The smallest absolute Gasteiger partial charge is 0.323 e. The van der Waals surface area contributed by atoms with Gasteiger partial charge in [-0.1, -0.05) is 30.3 Å². The Balaban J connectivity index is 2.07. The third-order valence-corrected chi connectivity index (χ3v) is 3.08. The second-order valence-corrected chi connectivity index (χ2v) is 4.77. The average Bonchev–Trinajstić information content (AvgIpc) is 2.90. The molecule has 0 aliphatic rings. The van der Waals surface area contributed by atoms with Crippen molar-refractivity contribution in [1.82, 2.24) is 4.90 Å². The van der Waals surface area contributed by atoms with E-state index < -0.39 is 11.9 Å². The Morgan fingerprint density at radius 1 is 1.14 bits per heavy atom. The summed E-state index contributed by atoms with van der Waals surface area (Å²) in [7, 11) is 0. The van der Waals surface area contributed by atoms with Gasteiger partial charge < -0.3 is 14.4 Å². The molecule has 1 heterocycles. The minimum absolute atomic E-state index is 0.168. The maximum Gasteiger partial charge on any atom is 0.323 e. The summed E-state index contributed by atoms with van der Waals surface area (Å²) in [6.07, 6.45) is 0.597. The number of amides is 1. The SMILES string of the molecule is Cc1ccc(C(=O)N(CCc2ccccc2)CC(=O)O)o1. The second-order valence-electron chi connectivity index (χ2n) is 4.77. The average molecular weight is 287 g/mol. The number of carbonyl (C=O) groups excluding carboxylic acids is 1. The zero-order chi connectivity index (χ0) is 15.2. The molecular weight excluding hydrogens is 270 g/mol. The number of nitrogens with zero attached hydrogens (tertiary/aromatic N) is 1. The molecule has 1 N–H and O–H groups in total. The summed E-state index contributed by atoms with van der Waals surface area (Å²) < 4.78 is 5.28. The van der Waals surface area contributed by atoms with E-state index in [1.54, 1.807) is 19.1 Å². The lowest BCUT2D eigenvalue weighted by molar-refractivity contribution is -0.137. The zero-order valence-electron chi connectivity index (χ0n) is 11.8. The number of carboxylic acid groups (broad SMARTS) is 1. The topological polar surface area (TPSA) is 70.8 Å². The van der Waals surface area contributed by atoms with E-state index in [4.69, 9.17) is 9.52 Å². The molecule has 0 aliphatic heterocycles. The third-order valence-electron chi connectivity index (χ3n) is 3.08. The Kier molecular flexibility index (Phi) is 4.77. The van der Waals surface area contributed by atoms with Gasteiger partial charge in [0.2, 0.25) is 0 Å². The molecule has 0 bridgehead atoms. The fourth-order valence-corrected chi connectivity index (χ4v) is 2.03. The van der Waals surface area contributed by atoms with Crippen molar-refractivity contribution in [2.75, 3.05) is 13.1 Å². The Bertz CT molecular complexity index is 618. The van der Waals surface area contributed by atoms with Crippen LogP contribution in [0.25, 0.3) is 0 Å². The normalized spacial score (nSPS) is 10.3. The predicted octanol–water partition coefficient (Wildman–Crippen LogP) is 2.36. The second kappa shape index (κ2) is 6.74. The van der Waals surface area contributed by atoms with Gasteiger partial charge in [-0.05, 0) is 31.0 Å². The molecule has 0 radical (unpaired) electrons. The van der Waals surface area contributed by atoms with Crippen molar-refractivity contribution >= 4 is 11.9 Å². The van der Waals surface area contributed by atoms with Gasteiger partial charge in [0, 0.05) is 6.54 Å². The largest absolute Gasteiger partial charge is 0.480 e. The summed E-state index contributed by atoms with van der Waals surface area (Å²) >= 11 is 0. The Morgan fingerprint density at radius 2 is 1.86 bits per heavy atom. The molecule has 0 unspecified atom stereocenters. The first kappa shape index (κ1) is 14.8. The van der Waals surface area contributed by atoms with Crippen LogP contribution in [0, 0.1) is 6.92 Å². The Labute approximate surface area is 122 Å². The number of aryl methyl sites for hydroxylation is 1. The van der Waals surface area contributed by atoms with Crippen LogP contribution in [0.15, 0.2) is 46.9 Å². The van der Waals surface area contributed by atoms with Crippen LogP contribution in [0.3, 0.4) is 0 Å². The molecule has 0 aliphatic carbocycles. The molecule has 110 valence electrons. The summed E-state index contributed by atoms with van der Waals surface area (Å²) in [5, 5.41) is 8.96. The minimum atomic E-state index is -1.04. The first-order valence-corrected chi connectivity index (χ1v) is 6.67. The molecule has 1 aromatic heterocycles. The first-order chi connectivity index (χ1) is 10.1. The summed E-state index contributed by atoms with van der Waals surface area (Å²) in [5.74, 6) is -0.653. The van der Waals surface area contributed by atoms with Gasteiger partial charge in [-0.25, -0.2) is 0 Å². The molecule has 21 heavy (non-hydrogen) atoms. The van der Waals surface area contributed by atoms with E-state index in [-0.39, 0.29) is 12.3 Å². The van der Waals surface area contributed by atoms with Crippen LogP contribution < -0.4 is 0 Å². The van der Waals surface area contributed by atoms with E-state index >= 15 is 0 Å². The quantitative estimate of drug-likeness (QED) is 0.885. The summed E-state index contributed by atoms with van der Waals surface area (Å²) in [5.41, 5.74) is 1.05. The lowest BCUT2D eigenvalue weighted by Crippen LogP contribution is -2.37. The molecule has 5 heteroatoms. The Hall–Kier alpha value is -2.56. The lowest BCUT2D eigenvalue weighted by atomic mass is 10.1. The van der Waals surface area contributed by atoms with Gasteiger partial charge in [-0.15, -0.1) is 0 Å². The third kappa shape index (κ3) is 4.21. The highest BCUT2D eigenvalue weighted by atomic mass is 16.4. The van der Waals surface area contributed by atoms with Gasteiger partial charge in [0.05, 0.1) is 0 Å². The minimum Gasteiger partial charge on any atom is -0.480 e. The molecule has 0 saturated carbocycles. The number of benzene rings is 1. The van der Waals surface area contributed by atoms with Crippen molar-refractivity contribution in [2.24, 2.45) is 0 Å². The summed E-state index contributed by atoms with van der Waals surface area (Å²) in [6.45, 7) is 1.72. The van der Waals surface area contributed by atoms with Gasteiger partial charge in [0.25, 0.3) is 5.91 Å². The number of carboxylic acids is 1. The van der Waals surface area contributed by atoms with Crippen molar-refractivity contribution < 1.29 is 19.1 Å². The number of aliphatic carboxylic acids is 1. The van der Waals surface area contributed by atoms with Crippen LogP contribution in [0.4, 0.5) is 0 Å². The predicted molar refractivity (Wildman–Crippen MR) is 77.1 cm³/mol. The zero-order valence-corrected chi connectivity index (χ0v) is 11.8. The van der Waals surface area contributed by atoms with Crippen LogP contribution in [-0.4, -0.2) is 35.0 Å². The number of furan rings is 1. The van der Waals surface area contributed by atoms with E-state index in [0.29, 0.717) is 18.7 Å². The first-order valence-electron chi connectivity index (χ1n) is 6.67. The summed E-state index contributed by atoms with van der Waals surface area (Å²) in [6, 6.07) is 12.9. The van der Waals surface area contributed by atoms with Crippen molar-refractivity contribution in [3.63, 3.8) is 0 Å². The molecule has 1 aromatic carbocycles. The van der Waals surface area contributed by atoms with Crippen LogP contribution in [0.2, 0.25) is 0 Å². The van der Waals surface area contributed by atoms with Gasteiger partial charge >= 0.3 is 5.97 Å². The molecule has 2 aromatic rings. The summed E-state index contributed by atoms with van der Waals surface area (Å²) in [4.78, 5) is 24.5. The lowest BCUT2D eigenvalue weighted by Gasteiger charge is -2.19. The molecule has 1 amide bonds. The van der Waals surface area contributed by atoms with E-state index in [9.17, 15) is 9.59 Å². The standard InChI is InChI=1S/C16H17NO4/c1-12-7-8-14(21-12)16(20)17(11-15(18)19)10-9-13-5-3-2-4-6-13/h2-8H,9-11H2,1H3,(H,18,19). The highest BCUT2D eigenvalue weighted by Crippen LogP contribution is 2.11. The van der Waals surface area contributed by atoms with Crippen LogP contribution >= 0.6 is 0 Å². The maximum atomic E-state index is 12.3. The van der Waals surface area contributed by atoms with Crippen molar-refractivity contribution in [3.8, 4) is 0 Å².